The third-order valence-corrected chi connectivity index (χ3v) is 4.50. The SMILES string of the molecule is CN(c1ccc(OCC(=O)Nc2c(F)cccc2F)cc1)S(C)(=O)=O. The first-order valence-electron chi connectivity index (χ1n) is 7.09. The molecule has 0 aliphatic carbocycles. The highest BCUT2D eigenvalue weighted by molar-refractivity contribution is 7.92. The molecule has 0 spiro atoms. The Labute approximate surface area is 144 Å². The van der Waals surface area contributed by atoms with E-state index in [1.54, 1.807) is 0 Å². The maximum Gasteiger partial charge on any atom is 0.262 e. The van der Waals surface area contributed by atoms with Gasteiger partial charge in [0.25, 0.3) is 5.91 Å². The van der Waals surface area contributed by atoms with Crippen LogP contribution in [0.1, 0.15) is 0 Å². The lowest BCUT2D eigenvalue weighted by Gasteiger charge is -2.16. The second-order valence-electron chi connectivity index (χ2n) is 5.16. The number of ether oxygens (including phenoxy) is 1. The molecular formula is C16H16F2N2O4S. The Hall–Kier alpha value is -2.68. The largest absolute Gasteiger partial charge is 0.484 e. The van der Waals surface area contributed by atoms with Gasteiger partial charge in [-0.1, -0.05) is 6.07 Å². The van der Waals surface area contributed by atoms with Crippen molar-refractivity contribution in [2.75, 3.05) is 29.5 Å². The Balaban J connectivity index is 1.96. The van der Waals surface area contributed by atoms with Crippen molar-refractivity contribution in [2.45, 2.75) is 0 Å². The lowest BCUT2D eigenvalue weighted by Crippen LogP contribution is -2.24. The van der Waals surface area contributed by atoms with E-state index >= 15 is 0 Å². The second-order valence-corrected chi connectivity index (χ2v) is 7.17. The number of nitrogens with one attached hydrogen (secondary N) is 1. The number of halogens is 2. The molecule has 1 amide bonds. The van der Waals surface area contributed by atoms with Gasteiger partial charge in [0, 0.05) is 7.05 Å². The van der Waals surface area contributed by atoms with Crippen LogP contribution in [0.2, 0.25) is 0 Å². The molecule has 0 radical (unpaired) electrons. The topological polar surface area (TPSA) is 75.7 Å². The molecule has 1 N–H and O–H groups in total. The lowest BCUT2D eigenvalue weighted by atomic mass is 10.3. The van der Waals surface area contributed by atoms with Crippen LogP contribution in [-0.4, -0.2) is 34.2 Å². The zero-order valence-corrected chi connectivity index (χ0v) is 14.3. The summed E-state index contributed by atoms with van der Waals surface area (Å²) < 4.78 is 56.1. The van der Waals surface area contributed by atoms with E-state index in [1.807, 2.05) is 0 Å². The van der Waals surface area contributed by atoms with Crippen molar-refractivity contribution in [1.82, 2.24) is 0 Å². The maximum atomic E-state index is 13.4. The number of nitrogens with zero attached hydrogens (tertiary/aromatic N) is 1. The van der Waals surface area contributed by atoms with Gasteiger partial charge in [-0.2, -0.15) is 0 Å². The van der Waals surface area contributed by atoms with E-state index in [1.165, 1.54) is 37.4 Å². The number of amides is 1. The van der Waals surface area contributed by atoms with Crippen LogP contribution in [-0.2, 0) is 14.8 Å². The number of sulfonamides is 1. The van der Waals surface area contributed by atoms with E-state index in [0.29, 0.717) is 11.4 Å². The van der Waals surface area contributed by atoms with Crippen LogP contribution in [0.4, 0.5) is 20.2 Å². The molecule has 0 saturated carbocycles. The third-order valence-electron chi connectivity index (χ3n) is 3.29. The third kappa shape index (κ3) is 4.90. The van der Waals surface area contributed by atoms with E-state index in [4.69, 9.17) is 4.74 Å². The zero-order valence-electron chi connectivity index (χ0n) is 13.5. The van der Waals surface area contributed by atoms with Crippen molar-refractivity contribution in [3.05, 3.63) is 54.1 Å². The molecule has 6 nitrogen and oxygen atoms in total. The van der Waals surface area contributed by atoms with E-state index in [2.05, 4.69) is 5.32 Å². The molecule has 0 saturated heterocycles. The van der Waals surface area contributed by atoms with E-state index in [-0.39, 0.29) is 0 Å². The minimum atomic E-state index is -3.38. The molecule has 0 unspecified atom stereocenters. The van der Waals surface area contributed by atoms with Crippen LogP contribution in [0.3, 0.4) is 0 Å². The van der Waals surface area contributed by atoms with Crippen molar-refractivity contribution in [2.24, 2.45) is 0 Å². The quantitative estimate of drug-likeness (QED) is 0.847. The summed E-state index contributed by atoms with van der Waals surface area (Å²) in [6.07, 6.45) is 1.07. The minimum absolute atomic E-state index is 0.301. The molecule has 2 aromatic carbocycles. The van der Waals surface area contributed by atoms with Crippen molar-refractivity contribution in [3.63, 3.8) is 0 Å². The van der Waals surface area contributed by atoms with Gasteiger partial charge in [-0.25, -0.2) is 17.2 Å². The van der Waals surface area contributed by atoms with Crippen molar-refractivity contribution >= 4 is 27.3 Å². The molecule has 2 aromatic rings. The predicted molar refractivity (Wildman–Crippen MR) is 90.2 cm³/mol. The van der Waals surface area contributed by atoms with Crippen molar-refractivity contribution in [3.8, 4) is 5.75 Å². The Bertz CT molecular complexity index is 850. The highest BCUT2D eigenvalue weighted by Crippen LogP contribution is 2.21. The molecular weight excluding hydrogens is 354 g/mol. The molecule has 0 fully saturated rings. The summed E-state index contributed by atoms with van der Waals surface area (Å²) >= 11 is 0. The number of carbonyl (C=O) groups is 1. The van der Waals surface area contributed by atoms with Gasteiger partial charge in [0.1, 0.15) is 23.1 Å². The highest BCUT2D eigenvalue weighted by atomic mass is 32.2. The Morgan fingerprint density at radius 1 is 1.12 bits per heavy atom. The normalized spacial score (nSPS) is 11.0. The summed E-state index contributed by atoms with van der Waals surface area (Å²) in [5, 5.41) is 2.10. The van der Waals surface area contributed by atoms with Crippen LogP contribution < -0.4 is 14.4 Å². The van der Waals surface area contributed by atoms with E-state index in [9.17, 15) is 22.0 Å². The van der Waals surface area contributed by atoms with Crippen LogP contribution in [0.25, 0.3) is 0 Å². The Morgan fingerprint density at radius 3 is 2.20 bits per heavy atom. The van der Waals surface area contributed by atoms with Crippen LogP contribution in [0.5, 0.6) is 5.75 Å². The van der Waals surface area contributed by atoms with E-state index in [0.717, 1.165) is 22.7 Å². The van der Waals surface area contributed by atoms with E-state index < -0.39 is 39.9 Å². The molecule has 25 heavy (non-hydrogen) atoms. The molecule has 0 aromatic heterocycles. The average molecular weight is 370 g/mol. The minimum Gasteiger partial charge on any atom is -0.484 e. The van der Waals surface area contributed by atoms with Gasteiger partial charge in [0.15, 0.2) is 6.61 Å². The van der Waals surface area contributed by atoms with Crippen molar-refractivity contribution < 1.29 is 26.7 Å². The fourth-order valence-electron chi connectivity index (χ4n) is 1.89. The zero-order chi connectivity index (χ0) is 18.6. The van der Waals surface area contributed by atoms with Crippen LogP contribution in [0, 0.1) is 11.6 Å². The average Bonchev–Trinajstić information content (AvgIpc) is 2.55. The standard InChI is InChI=1S/C16H16F2N2O4S/c1-20(25(2,22)23)11-6-8-12(9-7-11)24-10-15(21)19-16-13(17)4-3-5-14(16)18/h3-9H,10H2,1-2H3,(H,19,21). The molecule has 0 atom stereocenters. The van der Waals surface area contributed by atoms with Gasteiger partial charge < -0.3 is 10.1 Å². The lowest BCUT2D eigenvalue weighted by molar-refractivity contribution is -0.118. The number of para-hydroxylation sites is 1. The second kappa shape index (κ2) is 7.47. The maximum absolute atomic E-state index is 13.4. The predicted octanol–water partition coefficient (Wildman–Crippen LogP) is 2.38. The molecule has 0 aliphatic rings. The smallest absolute Gasteiger partial charge is 0.262 e. The first kappa shape index (κ1) is 18.7. The summed E-state index contributed by atoms with van der Waals surface area (Å²) in [6, 6.07) is 9.20. The Morgan fingerprint density at radius 2 is 1.68 bits per heavy atom. The number of carbonyl (C=O) groups excluding carboxylic acids is 1. The number of hydrogen-bond donors (Lipinski definition) is 1. The van der Waals surface area contributed by atoms with Gasteiger partial charge in [-0.05, 0) is 36.4 Å². The van der Waals surface area contributed by atoms with Gasteiger partial charge in [0.05, 0.1) is 11.9 Å². The molecule has 2 rings (SSSR count). The summed E-state index contributed by atoms with van der Waals surface area (Å²) in [4.78, 5) is 11.7. The van der Waals surface area contributed by atoms with Crippen LogP contribution in [0.15, 0.2) is 42.5 Å². The summed E-state index contributed by atoms with van der Waals surface area (Å²) in [7, 11) is -1.98. The first-order chi connectivity index (χ1) is 11.7. The molecule has 0 heterocycles. The van der Waals surface area contributed by atoms with Gasteiger partial charge in [0.2, 0.25) is 10.0 Å². The summed E-state index contributed by atoms with van der Waals surface area (Å²) in [5.41, 5.74) is -0.117. The van der Waals surface area contributed by atoms with Gasteiger partial charge in [-0.15, -0.1) is 0 Å². The van der Waals surface area contributed by atoms with Gasteiger partial charge >= 0.3 is 0 Å². The molecule has 9 heteroatoms. The monoisotopic (exact) mass is 370 g/mol. The number of benzene rings is 2. The fourth-order valence-corrected chi connectivity index (χ4v) is 2.39. The van der Waals surface area contributed by atoms with Crippen molar-refractivity contribution in [1.29, 1.82) is 0 Å². The summed E-state index contributed by atoms with van der Waals surface area (Å²) in [6.45, 7) is -0.463. The first-order valence-corrected chi connectivity index (χ1v) is 8.94. The van der Waals surface area contributed by atoms with Crippen LogP contribution >= 0.6 is 0 Å². The fraction of sp³-hybridized carbons (Fsp3) is 0.188. The number of rotatable bonds is 6. The summed E-state index contributed by atoms with van der Waals surface area (Å²) in [5.74, 6) is -2.21. The molecule has 134 valence electrons. The molecule has 0 aliphatic heterocycles. The Kier molecular flexibility index (Phi) is 5.58. The van der Waals surface area contributed by atoms with Gasteiger partial charge in [-0.3, -0.25) is 9.10 Å². The highest BCUT2D eigenvalue weighted by Gasteiger charge is 2.13. The number of hydrogen-bond acceptors (Lipinski definition) is 4. The number of anilines is 2. The molecule has 0 bridgehead atoms.